The molecule has 2 saturated carbocycles. The van der Waals surface area contributed by atoms with E-state index < -0.39 is 0 Å². The van der Waals surface area contributed by atoms with Crippen molar-refractivity contribution < 1.29 is 9.59 Å². The molecule has 1 heterocycles. The molecule has 3 fully saturated rings. The SMILES string of the molecule is CCc1cc(Br)ccc1N1C(=O)C2C3CCC(C3)C2C1=O. The smallest absolute Gasteiger partial charge is 0.237 e. The molecule has 1 aliphatic heterocycles. The number of imide groups is 1. The second kappa shape index (κ2) is 4.67. The Bertz CT molecular complexity index is 614. The Morgan fingerprint density at radius 1 is 1.14 bits per heavy atom. The van der Waals surface area contributed by atoms with Crippen LogP contribution in [-0.4, -0.2) is 11.8 Å². The van der Waals surface area contributed by atoms with Gasteiger partial charge in [0.2, 0.25) is 11.8 Å². The van der Waals surface area contributed by atoms with Gasteiger partial charge in [0.1, 0.15) is 0 Å². The van der Waals surface area contributed by atoms with Crippen LogP contribution in [0.3, 0.4) is 0 Å². The van der Waals surface area contributed by atoms with Gasteiger partial charge >= 0.3 is 0 Å². The predicted molar refractivity (Wildman–Crippen MR) is 83.8 cm³/mol. The van der Waals surface area contributed by atoms with Crippen LogP contribution in [0, 0.1) is 23.7 Å². The number of amides is 2. The molecule has 3 aliphatic rings. The van der Waals surface area contributed by atoms with Gasteiger partial charge in [0.05, 0.1) is 17.5 Å². The van der Waals surface area contributed by atoms with E-state index in [4.69, 9.17) is 0 Å². The van der Waals surface area contributed by atoms with Crippen LogP contribution in [0.2, 0.25) is 0 Å². The van der Waals surface area contributed by atoms with Gasteiger partial charge in [0.15, 0.2) is 0 Å². The van der Waals surface area contributed by atoms with Crippen molar-refractivity contribution in [2.75, 3.05) is 4.90 Å². The van der Waals surface area contributed by atoms with Crippen molar-refractivity contribution in [3.63, 3.8) is 0 Å². The molecule has 4 heteroatoms. The standard InChI is InChI=1S/C17H18BrNO2/c1-2-9-8-12(18)5-6-13(9)19-16(20)14-10-3-4-11(7-10)15(14)17(19)21/h5-6,8,10-11,14-15H,2-4,7H2,1H3. The molecule has 1 saturated heterocycles. The average molecular weight is 348 g/mol. The fourth-order valence-corrected chi connectivity index (χ4v) is 5.11. The van der Waals surface area contributed by atoms with Crippen molar-refractivity contribution in [1.82, 2.24) is 0 Å². The maximum Gasteiger partial charge on any atom is 0.237 e. The molecular formula is C17H18BrNO2. The molecule has 2 bridgehead atoms. The van der Waals surface area contributed by atoms with Crippen molar-refractivity contribution in [1.29, 1.82) is 0 Å². The number of nitrogens with zero attached hydrogens (tertiary/aromatic N) is 1. The summed E-state index contributed by atoms with van der Waals surface area (Å²) in [4.78, 5) is 27.2. The van der Waals surface area contributed by atoms with E-state index >= 15 is 0 Å². The van der Waals surface area contributed by atoms with E-state index in [-0.39, 0.29) is 23.7 Å². The van der Waals surface area contributed by atoms with Crippen LogP contribution in [0.25, 0.3) is 0 Å². The number of carbonyl (C=O) groups is 2. The second-order valence-corrected chi connectivity index (χ2v) is 7.44. The maximum atomic E-state index is 12.8. The highest BCUT2D eigenvalue weighted by Gasteiger charge is 2.61. The van der Waals surface area contributed by atoms with Crippen molar-refractivity contribution in [2.24, 2.45) is 23.7 Å². The molecule has 0 radical (unpaired) electrons. The number of halogens is 1. The summed E-state index contributed by atoms with van der Waals surface area (Å²) in [5.74, 6) is 0.918. The first-order valence-electron chi connectivity index (χ1n) is 7.78. The fraction of sp³-hybridized carbons (Fsp3) is 0.529. The van der Waals surface area contributed by atoms with Crippen molar-refractivity contribution >= 4 is 33.4 Å². The van der Waals surface area contributed by atoms with E-state index in [0.717, 1.165) is 41.4 Å². The first-order chi connectivity index (χ1) is 10.1. The first-order valence-corrected chi connectivity index (χ1v) is 8.57. The lowest BCUT2D eigenvalue weighted by molar-refractivity contribution is -0.123. The summed E-state index contributed by atoms with van der Waals surface area (Å²) in [6.07, 6.45) is 4.15. The van der Waals surface area contributed by atoms with Gasteiger partial charge in [0.25, 0.3) is 0 Å². The van der Waals surface area contributed by atoms with E-state index in [1.165, 1.54) is 4.90 Å². The Labute approximate surface area is 132 Å². The second-order valence-electron chi connectivity index (χ2n) is 6.52. The quantitative estimate of drug-likeness (QED) is 0.767. The van der Waals surface area contributed by atoms with E-state index in [1.807, 2.05) is 18.2 Å². The summed E-state index contributed by atoms with van der Waals surface area (Å²) in [7, 11) is 0. The summed E-state index contributed by atoms with van der Waals surface area (Å²) in [5.41, 5.74) is 1.85. The molecule has 4 atom stereocenters. The highest BCUT2D eigenvalue weighted by molar-refractivity contribution is 9.10. The Kier molecular flexibility index (Phi) is 3.00. The molecule has 4 unspecified atom stereocenters. The van der Waals surface area contributed by atoms with Crippen molar-refractivity contribution in [3.05, 3.63) is 28.2 Å². The van der Waals surface area contributed by atoms with Crippen LogP contribution in [0.5, 0.6) is 0 Å². The van der Waals surface area contributed by atoms with Gasteiger partial charge in [0, 0.05) is 4.47 Å². The summed E-state index contributed by atoms with van der Waals surface area (Å²) in [6.45, 7) is 2.06. The molecule has 4 rings (SSSR count). The van der Waals surface area contributed by atoms with Crippen molar-refractivity contribution in [3.8, 4) is 0 Å². The Hall–Kier alpha value is -1.16. The zero-order valence-corrected chi connectivity index (χ0v) is 13.6. The lowest BCUT2D eigenvalue weighted by atomic mass is 9.81. The Morgan fingerprint density at radius 2 is 1.76 bits per heavy atom. The Morgan fingerprint density at radius 3 is 2.33 bits per heavy atom. The largest absolute Gasteiger partial charge is 0.274 e. The maximum absolute atomic E-state index is 12.8. The van der Waals surface area contributed by atoms with Crippen LogP contribution < -0.4 is 4.90 Å². The number of hydrogen-bond donors (Lipinski definition) is 0. The van der Waals surface area contributed by atoms with E-state index in [2.05, 4.69) is 22.9 Å². The third-order valence-corrected chi connectivity index (χ3v) is 6.08. The van der Waals surface area contributed by atoms with Crippen LogP contribution in [0.4, 0.5) is 5.69 Å². The highest BCUT2D eigenvalue weighted by Crippen LogP contribution is 2.56. The normalized spacial score (nSPS) is 33.9. The Balaban J connectivity index is 1.77. The third kappa shape index (κ3) is 1.78. The molecule has 1 aromatic carbocycles. The molecule has 3 nitrogen and oxygen atoms in total. The van der Waals surface area contributed by atoms with Crippen LogP contribution in [0.1, 0.15) is 31.7 Å². The van der Waals surface area contributed by atoms with E-state index in [1.54, 1.807) is 0 Å². The number of anilines is 1. The highest BCUT2D eigenvalue weighted by atomic mass is 79.9. The van der Waals surface area contributed by atoms with Gasteiger partial charge in [-0.05, 0) is 61.3 Å². The number of fused-ring (bicyclic) bond motifs is 5. The third-order valence-electron chi connectivity index (χ3n) is 5.59. The number of benzene rings is 1. The van der Waals surface area contributed by atoms with Gasteiger partial charge in [-0.15, -0.1) is 0 Å². The van der Waals surface area contributed by atoms with Gasteiger partial charge in [-0.25, -0.2) is 4.90 Å². The van der Waals surface area contributed by atoms with Gasteiger partial charge in [-0.1, -0.05) is 22.9 Å². The van der Waals surface area contributed by atoms with Gasteiger partial charge in [-0.3, -0.25) is 9.59 Å². The summed E-state index contributed by atoms with van der Waals surface area (Å²) >= 11 is 3.47. The minimum absolute atomic E-state index is 0.0374. The zero-order chi connectivity index (χ0) is 14.7. The lowest BCUT2D eigenvalue weighted by Gasteiger charge is -2.20. The average Bonchev–Trinajstić information content (AvgIpc) is 3.14. The van der Waals surface area contributed by atoms with Crippen LogP contribution in [-0.2, 0) is 16.0 Å². The molecule has 0 N–H and O–H groups in total. The molecular weight excluding hydrogens is 330 g/mol. The van der Waals surface area contributed by atoms with Crippen LogP contribution >= 0.6 is 15.9 Å². The zero-order valence-electron chi connectivity index (χ0n) is 12.0. The monoisotopic (exact) mass is 347 g/mol. The fourth-order valence-electron chi connectivity index (χ4n) is 4.70. The number of aryl methyl sites for hydroxylation is 1. The van der Waals surface area contributed by atoms with Gasteiger partial charge in [-0.2, -0.15) is 0 Å². The predicted octanol–water partition coefficient (Wildman–Crippen LogP) is 3.55. The molecule has 21 heavy (non-hydrogen) atoms. The molecule has 2 amide bonds. The van der Waals surface area contributed by atoms with E-state index in [0.29, 0.717) is 11.8 Å². The summed E-state index contributed by atoms with van der Waals surface area (Å²) in [6, 6.07) is 5.83. The van der Waals surface area contributed by atoms with E-state index in [9.17, 15) is 9.59 Å². The summed E-state index contributed by atoms with van der Waals surface area (Å²) in [5, 5.41) is 0. The minimum Gasteiger partial charge on any atom is -0.274 e. The molecule has 1 aromatic rings. The lowest BCUT2D eigenvalue weighted by Crippen LogP contribution is -2.33. The topological polar surface area (TPSA) is 37.4 Å². The number of hydrogen-bond acceptors (Lipinski definition) is 2. The number of rotatable bonds is 2. The number of carbonyl (C=O) groups excluding carboxylic acids is 2. The molecule has 0 aromatic heterocycles. The van der Waals surface area contributed by atoms with Crippen molar-refractivity contribution in [2.45, 2.75) is 32.6 Å². The minimum atomic E-state index is -0.0374. The molecule has 0 spiro atoms. The van der Waals surface area contributed by atoms with Crippen LogP contribution in [0.15, 0.2) is 22.7 Å². The molecule has 2 aliphatic carbocycles. The summed E-state index contributed by atoms with van der Waals surface area (Å²) < 4.78 is 0.988. The van der Waals surface area contributed by atoms with Gasteiger partial charge < -0.3 is 0 Å². The first kappa shape index (κ1) is 13.5. The molecule has 110 valence electrons.